The van der Waals surface area contributed by atoms with Gasteiger partial charge in [-0.05, 0) is 37.8 Å². The van der Waals surface area contributed by atoms with Gasteiger partial charge in [0, 0.05) is 18.2 Å². The Morgan fingerprint density at radius 1 is 1.22 bits per heavy atom. The van der Waals surface area contributed by atoms with Crippen LogP contribution in [0.15, 0.2) is 18.2 Å². The molecule has 0 heterocycles. The van der Waals surface area contributed by atoms with E-state index >= 15 is 0 Å². The van der Waals surface area contributed by atoms with Gasteiger partial charge in [-0.15, -0.1) is 0 Å². The Bertz CT molecular complexity index is 653. The molecule has 0 unspecified atom stereocenters. The molecule has 1 aromatic rings. The summed E-state index contributed by atoms with van der Waals surface area (Å²) in [5, 5.41) is 16.9. The average Bonchev–Trinajstić information content (AvgIpc) is 3.41. The summed E-state index contributed by atoms with van der Waals surface area (Å²) in [5.41, 5.74) is 0.270. The van der Waals surface area contributed by atoms with Crippen molar-refractivity contribution >= 4 is 23.3 Å². The number of rotatable bonds is 7. The van der Waals surface area contributed by atoms with Crippen molar-refractivity contribution in [2.45, 2.75) is 37.8 Å². The standard InChI is InChI=1S/C15H17N3O5/c19-14(17-11-4-5-11)8-23-15(20)9-1-6-12(16-10-2-3-10)13(7-9)18(21)22/h1,6-7,10-11,16H,2-5,8H2,(H,17,19). The molecule has 0 aliphatic heterocycles. The smallest absolute Gasteiger partial charge is 0.338 e. The van der Waals surface area contributed by atoms with Gasteiger partial charge in [-0.2, -0.15) is 0 Å². The van der Waals surface area contributed by atoms with Gasteiger partial charge in [0.05, 0.1) is 10.5 Å². The molecule has 0 bridgehead atoms. The molecule has 2 N–H and O–H groups in total. The number of carbonyl (C=O) groups excluding carboxylic acids is 2. The second kappa shape index (κ2) is 6.23. The first-order valence-electron chi connectivity index (χ1n) is 7.54. The second-order valence-corrected chi connectivity index (χ2v) is 5.83. The highest BCUT2D eigenvalue weighted by Gasteiger charge is 2.26. The van der Waals surface area contributed by atoms with Gasteiger partial charge in [0.2, 0.25) is 0 Å². The summed E-state index contributed by atoms with van der Waals surface area (Å²) in [5.74, 6) is -1.11. The Hall–Kier alpha value is -2.64. The summed E-state index contributed by atoms with van der Waals surface area (Å²) in [6, 6.07) is 4.58. The number of esters is 1. The van der Waals surface area contributed by atoms with Crippen LogP contribution in [-0.4, -0.2) is 35.5 Å². The van der Waals surface area contributed by atoms with Gasteiger partial charge in [-0.3, -0.25) is 14.9 Å². The summed E-state index contributed by atoms with van der Waals surface area (Å²) < 4.78 is 4.89. The van der Waals surface area contributed by atoms with Crippen LogP contribution in [0.2, 0.25) is 0 Å². The number of carbonyl (C=O) groups is 2. The number of nitrogens with zero attached hydrogens (tertiary/aromatic N) is 1. The maximum absolute atomic E-state index is 11.9. The Morgan fingerprint density at radius 2 is 1.91 bits per heavy atom. The average molecular weight is 319 g/mol. The van der Waals surface area contributed by atoms with E-state index in [-0.39, 0.29) is 35.8 Å². The van der Waals surface area contributed by atoms with Crippen molar-refractivity contribution < 1.29 is 19.2 Å². The zero-order chi connectivity index (χ0) is 16.4. The third-order valence-electron chi connectivity index (χ3n) is 3.64. The number of ether oxygens (including phenoxy) is 1. The zero-order valence-electron chi connectivity index (χ0n) is 12.4. The number of hydrogen-bond acceptors (Lipinski definition) is 6. The van der Waals surface area contributed by atoms with Crippen LogP contribution in [0, 0.1) is 10.1 Å². The van der Waals surface area contributed by atoms with E-state index < -0.39 is 10.9 Å². The molecule has 23 heavy (non-hydrogen) atoms. The lowest BCUT2D eigenvalue weighted by molar-refractivity contribution is -0.384. The first-order valence-corrected chi connectivity index (χ1v) is 7.54. The van der Waals surface area contributed by atoms with Crippen molar-refractivity contribution in [1.82, 2.24) is 5.32 Å². The quantitative estimate of drug-likeness (QED) is 0.449. The van der Waals surface area contributed by atoms with E-state index in [1.165, 1.54) is 18.2 Å². The zero-order valence-corrected chi connectivity index (χ0v) is 12.4. The highest BCUT2D eigenvalue weighted by Crippen LogP contribution is 2.31. The summed E-state index contributed by atoms with van der Waals surface area (Å²) >= 11 is 0. The third-order valence-corrected chi connectivity index (χ3v) is 3.64. The number of amides is 1. The SMILES string of the molecule is O=C(COC(=O)c1ccc(NC2CC2)c([N+](=O)[O-])c1)NC1CC1. The van der Waals surface area contributed by atoms with Crippen molar-refractivity contribution in [1.29, 1.82) is 0 Å². The molecule has 0 atom stereocenters. The summed E-state index contributed by atoms with van der Waals surface area (Å²) in [6.07, 6.45) is 3.86. The monoisotopic (exact) mass is 319 g/mol. The van der Waals surface area contributed by atoms with Gasteiger partial charge in [0.25, 0.3) is 11.6 Å². The molecular formula is C15H17N3O5. The van der Waals surface area contributed by atoms with Gasteiger partial charge in [0.1, 0.15) is 5.69 Å². The lowest BCUT2D eigenvalue weighted by Gasteiger charge is -2.08. The molecule has 3 rings (SSSR count). The van der Waals surface area contributed by atoms with E-state index in [9.17, 15) is 19.7 Å². The Kier molecular flexibility index (Phi) is 4.14. The van der Waals surface area contributed by atoms with E-state index in [4.69, 9.17) is 4.74 Å². The van der Waals surface area contributed by atoms with E-state index in [0.29, 0.717) is 5.69 Å². The van der Waals surface area contributed by atoms with E-state index in [1.807, 2.05) is 0 Å². The van der Waals surface area contributed by atoms with Gasteiger partial charge >= 0.3 is 5.97 Å². The predicted molar refractivity (Wildman–Crippen MR) is 81.2 cm³/mol. The van der Waals surface area contributed by atoms with Gasteiger partial charge < -0.3 is 15.4 Å². The number of nitro groups is 1. The largest absolute Gasteiger partial charge is 0.452 e. The highest BCUT2D eigenvalue weighted by atomic mass is 16.6. The van der Waals surface area contributed by atoms with Crippen molar-refractivity contribution in [2.75, 3.05) is 11.9 Å². The maximum Gasteiger partial charge on any atom is 0.338 e. The van der Waals surface area contributed by atoms with Gasteiger partial charge in [-0.1, -0.05) is 0 Å². The fraction of sp³-hybridized carbons (Fsp3) is 0.467. The Labute approximate surface area is 132 Å². The first kappa shape index (κ1) is 15.3. The minimum absolute atomic E-state index is 0.0530. The maximum atomic E-state index is 11.9. The van der Waals surface area contributed by atoms with Crippen molar-refractivity contribution in [3.05, 3.63) is 33.9 Å². The van der Waals surface area contributed by atoms with Crippen LogP contribution in [0.25, 0.3) is 0 Å². The molecule has 0 aromatic heterocycles. The molecule has 0 saturated heterocycles. The molecule has 8 heteroatoms. The fourth-order valence-corrected chi connectivity index (χ4v) is 2.09. The number of nitrogens with one attached hydrogen (secondary N) is 2. The van der Waals surface area contributed by atoms with Crippen LogP contribution in [0.4, 0.5) is 11.4 Å². The van der Waals surface area contributed by atoms with Gasteiger partial charge in [0.15, 0.2) is 6.61 Å². The Morgan fingerprint density at radius 3 is 2.52 bits per heavy atom. The van der Waals surface area contributed by atoms with Crippen molar-refractivity contribution in [3.63, 3.8) is 0 Å². The second-order valence-electron chi connectivity index (χ2n) is 5.83. The van der Waals surface area contributed by atoms with Crippen LogP contribution in [0.1, 0.15) is 36.0 Å². The predicted octanol–water partition coefficient (Wildman–Crippen LogP) is 1.60. The van der Waals surface area contributed by atoms with Crippen LogP contribution >= 0.6 is 0 Å². The third kappa shape index (κ3) is 4.18. The van der Waals surface area contributed by atoms with Crippen LogP contribution < -0.4 is 10.6 Å². The number of nitro benzene ring substituents is 1. The molecule has 1 aromatic carbocycles. The molecule has 2 aliphatic rings. The molecule has 2 fully saturated rings. The first-order chi connectivity index (χ1) is 11.0. The lowest BCUT2D eigenvalue weighted by atomic mass is 10.1. The van der Waals surface area contributed by atoms with E-state index in [0.717, 1.165) is 25.7 Å². The topological polar surface area (TPSA) is 111 Å². The lowest BCUT2D eigenvalue weighted by Crippen LogP contribution is -2.30. The minimum atomic E-state index is -0.753. The molecule has 122 valence electrons. The van der Waals surface area contributed by atoms with Crippen molar-refractivity contribution in [3.8, 4) is 0 Å². The molecular weight excluding hydrogens is 302 g/mol. The highest BCUT2D eigenvalue weighted by molar-refractivity contribution is 5.93. The molecule has 0 spiro atoms. The van der Waals surface area contributed by atoms with Crippen LogP contribution in [0.3, 0.4) is 0 Å². The van der Waals surface area contributed by atoms with E-state index in [1.54, 1.807) is 0 Å². The number of benzene rings is 1. The fourth-order valence-electron chi connectivity index (χ4n) is 2.09. The molecule has 2 aliphatic carbocycles. The summed E-state index contributed by atoms with van der Waals surface area (Å²) in [4.78, 5) is 34.0. The molecule has 0 radical (unpaired) electrons. The van der Waals surface area contributed by atoms with Crippen LogP contribution in [-0.2, 0) is 9.53 Å². The van der Waals surface area contributed by atoms with Crippen molar-refractivity contribution in [2.24, 2.45) is 0 Å². The molecule has 1 amide bonds. The van der Waals surface area contributed by atoms with E-state index in [2.05, 4.69) is 10.6 Å². The Balaban J connectivity index is 1.63. The summed E-state index contributed by atoms with van der Waals surface area (Å²) in [7, 11) is 0. The molecule has 8 nitrogen and oxygen atoms in total. The van der Waals surface area contributed by atoms with Crippen LogP contribution in [0.5, 0.6) is 0 Å². The summed E-state index contributed by atoms with van der Waals surface area (Å²) in [6.45, 7) is -0.384. The van der Waals surface area contributed by atoms with Gasteiger partial charge in [-0.25, -0.2) is 4.79 Å². The minimum Gasteiger partial charge on any atom is -0.452 e. The molecule has 2 saturated carbocycles. The normalized spacial score (nSPS) is 16.5. The number of hydrogen-bond donors (Lipinski definition) is 2. The number of anilines is 1.